The molecule has 0 unspecified atom stereocenters. The number of rotatable bonds is 5. The minimum absolute atomic E-state index is 0. The van der Waals surface area contributed by atoms with E-state index in [1.54, 1.807) is 14.2 Å². The fourth-order valence-electron chi connectivity index (χ4n) is 1.97. The SMILES string of the molecule is COc1ccc(OC)c([C@H](N)CC2CC2)c1.Cl. The Morgan fingerprint density at radius 3 is 2.53 bits per heavy atom. The number of ether oxygens (including phenoxy) is 2. The lowest BCUT2D eigenvalue weighted by atomic mass is 10.0. The zero-order chi connectivity index (χ0) is 11.5. The second kappa shape index (κ2) is 6.12. The molecule has 4 heteroatoms. The van der Waals surface area contributed by atoms with Gasteiger partial charge < -0.3 is 15.2 Å². The van der Waals surface area contributed by atoms with Crippen molar-refractivity contribution < 1.29 is 9.47 Å². The normalized spacial score (nSPS) is 15.9. The molecule has 0 saturated heterocycles. The maximum Gasteiger partial charge on any atom is 0.123 e. The molecule has 0 spiro atoms. The van der Waals surface area contributed by atoms with Gasteiger partial charge in [-0.25, -0.2) is 0 Å². The van der Waals surface area contributed by atoms with Crippen LogP contribution in [0.15, 0.2) is 18.2 Å². The Hall–Kier alpha value is -0.930. The highest BCUT2D eigenvalue weighted by Crippen LogP contribution is 2.39. The molecule has 1 aromatic carbocycles. The third-order valence-corrected chi connectivity index (χ3v) is 3.12. The minimum atomic E-state index is 0. The predicted octanol–water partition coefficient (Wildman–Crippen LogP) is 2.93. The molecular formula is C13H20ClNO2. The first-order chi connectivity index (χ1) is 7.74. The molecule has 0 amide bonds. The van der Waals surface area contributed by atoms with E-state index in [4.69, 9.17) is 15.2 Å². The zero-order valence-corrected chi connectivity index (χ0v) is 11.1. The van der Waals surface area contributed by atoms with Crippen LogP contribution in [-0.2, 0) is 0 Å². The molecule has 1 atom stereocenters. The Bertz CT molecular complexity index is 366. The fraction of sp³-hybridized carbons (Fsp3) is 0.538. The Morgan fingerprint density at radius 1 is 1.29 bits per heavy atom. The van der Waals surface area contributed by atoms with Gasteiger partial charge in [0.05, 0.1) is 14.2 Å². The van der Waals surface area contributed by atoms with Crippen LogP contribution in [0.2, 0.25) is 0 Å². The van der Waals surface area contributed by atoms with Crippen molar-refractivity contribution in [1.82, 2.24) is 0 Å². The maximum atomic E-state index is 6.20. The summed E-state index contributed by atoms with van der Waals surface area (Å²) in [6.07, 6.45) is 3.68. The van der Waals surface area contributed by atoms with Gasteiger partial charge in [0.15, 0.2) is 0 Å². The molecule has 1 aliphatic rings. The summed E-state index contributed by atoms with van der Waals surface area (Å²) in [5.41, 5.74) is 7.25. The van der Waals surface area contributed by atoms with E-state index in [1.165, 1.54) is 12.8 Å². The highest BCUT2D eigenvalue weighted by Gasteiger charge is 2.25. The van der Waals surface area contributed by atoms with E-state index >= 15 is 0 Å². The van der Waals surface area contributed by atoms with Crippen LogP contribution in [-0.4, -0.2) is 14.2 Å². The second-order valence-electron chi connectivity index (χ2n) is 4.39. The van der Waals surface area contributed by atoms with Crippen LogP contribution < -0.4 is 15.2 Å². The van der Waals surface area contributed by atoms with Crippen molar-refractivity contribution in [2.24, 2.45) is 11.7 Å². The third-order valence-electron chi connectivity index (χ3n) is 3.12. The molecule has 96 valence electrons. The molecule has 3 nitrogen and oxygen atoms in total. The summed E-state index contributed by atoms with van der Waals surface area (Å²) in [6, 6.07) is 5.84. The van der Waals surface area contributed by atoms with Crippen molar-refractivity contribution in [1.29, 1.82) is 0 Å². The summed E-state index contributed by atoms with van der Waals surface area (Å²) in [7, 11) is 3.34. The van der Waals surface area contributed by atoms with E-state index in [2.05, 4.69) is 0 Å². The molecule has 0 radical (unpaired) electrons. The van der Waals surface area contributed by atoms with Crippen LogP contribution in [0.3, 0.4) is 0 Å². The molecule has 0 aliphatic heterocycles. The Balaban J connectivity index is 0.00000144. The van der Waals surface area contributed by atoms with Crippen LogP contribution in [0.4, 0.5) is 0 Å². The minimum Gasteiger partial charge on any atom is -0.497 e. The first-order valence-electron chi connectivity index (χ1n) is 5.72. The summed E-state index contributed by atoms with van der Waals surface area (Å²) in [5.74, 6) is 2.50. The number of hydrogen-bond acceptors (Lipinski definition) is 3. The maximum absolute atomic E-state index is 6.20. The first kappa shape index (κ1) is 14.1. The second-order valence-corrected chi connectivity index (χ2v) is 4.39. The van der Waals surface area contributed by atoms with E-state index < -0.39 is 0 Å². The molecule has 0 heterocycles. The van der Waals surface area contributed by atoms with E-state index in [0.29, 0.717) is 0 Å². The number of nitrogens with two attached hydrogens (primary N) is 1. The lowest BCUT2D eigenvalue weighted by molar-refractivity contribution is 0.393. The molecular weight excluding hydrogens is 238 g/mol. The topological polar surface area (TPSA) is 44.5 Å². The van der Waals surface area contributed by atoms with Crippen molar-refractivity contribution in [2.45, 2.75) is 25.3 Å². The quantitative estimate of drug-likeness (QED) is 0.882. The number of benzene rings is 1. The average molecular weight is 258 g/mol. The van der Waals surface area contributed by atoms with E-state index in [-0.39, 0.29) is 18.4 Å². The summed E-state index contributed by atoms with van der Waals surface area (Å²) in [6.45, 7) is 0. The van der Waals surface area contributed by atoms with Crippen LogP contribution in [0, 0.1) is 5.92 Å². The van der Waals surface area contributed by atoms with Crippen LogP contribution >= 0.6 is 12.4 Å². The Kier molecular flexibility index (Phi) is 5.09. The van der Waals surface area contributed by atoms with Gasteiger partial charge in [0, 0.05) is 11.6 Å². The average Bonchev–Trinajstić information content (AvgIpc) is 3.12. The van der Waals surface area contributed by atoms with E-state index in [0.717, 1.165) is 29.4 Å². The zero-order valence-electron chi connectivity index (χ0n) is 10.3. The number of methoxy groups -OCH3 is 2. The molecule has 1 saturated carbocycles. The van der Waals surface area contributed by atoms with Crippen molar-refractivity contribution >= 4 is 12.4 Å². The van der Waals surface area contributed by atoms with Crippen LogP contribution in [0.5, 0.6) is 11.5 Å². The Labute approximate surface area is 109 Å². The number of halogens is 1. The molecule has 2 N–H and O–H groups in total. The Morgan fingerprint density at radius 2 is 2.00 bits per heavy atom. The molecule has 1 aliphatic carbocycles. The monoisotopic (exact) mass is 257 g/mol. The molecule has 1 aromatic rings. The van der Waals surface area contributed by atoms with Gasteiger partial charge in [0.25, 0.3) is 0 Å². The molecule has 0 bridgehead atoms. The van der Waals surface area contributed by atoms with Crippen molar-refractivity contribution in [3.8, 4) is 11.5 Å². The van der Waals surface area contributed by atoms with Crippen molar-refractivity contribution in [3.63, 3.8) is 0 Å². The van der Waals surface area contributed by atoms with Gasteiger partial charge in [-0.3, -0.25) is 0 Å². The third kappa shape index (κ3) is 3.51. The lowest BCUT2D eigenvalue weighted by Gasteiger charge is -2.16. The highest BCUT2D eigenvalue weighted by atomic mass is 35.5. The summed E-state index contributed by atoms with van der Waals surface area (Å²) < 4.78 is 10.5. The largest absolute Gasteiger partial charge is 0.497 e. The summed E-state index contributed by atoms with van der Waals surface area (Å²) >= 11 is 0. The standard InChI is InChI=1S/C13H19NO2.ClH/c1-15-10-5-6-13(16-2)11(8-10)12(14)7-9-3-4-9;/h5-6,8-9,12H,3-4,7,14H2,1-2H3;1H/t12-;/m1./s1. The molecule has 17 heavy (non-hydrogen) atoms. The fourth-order valence-corrected chi connectivity index (χ4v) is 1.97. The highest BCUT2D eigenvalue weighted by molar-refractivity contribution is 5.85. The number of hydrogen-bond donors (Lipinski definition) is 1. The van der Waals surface area contributed by atoms with Crippen molar-refractivity contribution in [2.75, 3.05) is 14.2 Å². The van der Waals surface area contributed by atoms with Crippen LogP contribution in [0.25, 0.3) is 0 Å². The van der Waals surface area contributed by atoms with Gasteiger partial charge in [0.1, 0.15) is 11.5 Å². The molecule has 0 aromatic heterocycles. The van der Waals surface area contributed by atoms with E-state index in [1.807, 2.05) is 18.2 Å². The van der Waals surface area contributed by atoms with Crippen molar-refractivity contribution in [3.05, 3.63) is 23.8 Å². The first-order valence-corrected chi connectivity index (χ1v) is 5.72. The van der Waals surface area contributed by atoms with E-state index in [9.17, 15) is 0 Å². The summed E-state index contributed by atoms with van der Waals surface area (Å²) in [5, 5.41) is 0. The van der Waals surface area contributed by atoms with Gasteiger partial charge in [-0.15, -0.1) is 12.4 Å². The predicted molar refractivity (Wildman–Crippen MR) is 71.1 cm³/mol. The van der Waals surface area contributed by atoms with Gasteiger partial charge >= 0.3 is 0 Å². The van der Waals surface area contributed by atoms with Gasteiger partial charge in [-0.05, 0) is 30.5 Å². The summed E-state index contributed by atoms with van der Waals surface area (Å²) in [4.78, 5) is 0. The lowest BCUT2D eigenvalue weighted by Crippen LogP contribution is -2.12. The van der Waals surface area contributed by atoms with Gasteiger partial charge in [0.2, 0.25) is 0 Å². The molecule has 1 fully saturated rings. The van der Waals surface area contributed by atoms with Gasteiger partial charge in [-0.2, -0.15) is 0 Å². The van der Waals surface area contributed by atoms with Crippen LogP contribution in [0.1, 0.15) is 30.9 Å². The smallest absolute Gasteiger partial charge is 0.123 e. The van der Waals surface area contributed by atoms with Gasteiger partial charge in [-0.1, -0.05) is 12.8 Å². The molecule has 2 rings (SSSR count).